The first-order valence-electron chi connectivity index (χ1n) is 6.28. The van der Waals surface area contributed by atoms with Gasteiger partial charge in [-0.25, -0.2) is 8.42 Å². The van der Waals surface area contributed by atoms with E-state index in [0.29, 0.717) is 6.04 Å². The molecule has 1 aromatic carbocycles. The first kappa shape index (κ1) is 16.6. The van der Waals surface area contributed by atoms with E-state index in [1.165, 1.54) is 12.1 Å². The van der Waals surface area contributed by atoms with E-state index in [4.69, 9.17) is 0 Å². The predicted molar refractivity (Wildman–Crippen MR) is 77.6 cm³/mol. The van der Waals surface area contributed by atoms with E-state index >= 15 is 0 Å². The van der Waals surface area contributed by atoms with Crippen LogP contribution in [0, 0.1) is 0 Å². The molecule has 0 amide bonds. The summed E-state index contributed by atoms with van der Waals surface area (Å²) in [5, 5.41) is 3.04. The van der Waals surface area contributed by atoms with Crippen molar-refractivity contribution in [3.05, 3.63) is 28.2 Å². The topological polar surface area (TPSA) is 58.2 Å². The van der Waals surface area contributed by atoms with Gasteiger partial charge in [-0.05, 0) is 31.0 Å². The van der Waals surface area contributed by atoms with Crippen molar-refractivity contribution in [2.45, 2.75) is 25.1 Å². The van der Waals surface area contributed by atoms with Crippen LogP contribution in [0.2, 0.25) is 0 Å². The number of anilines is 1. The second-order valence-electron chi connectivity index (χ2n) is 4.84. The Bertz CT molecular complexity index is 615. The normalized spacial score (nSPS) is 16.0. The number of rotatable bonds is 6. The molecular weight excluding hydrogens is 373 g/mol. The standard InChI is InChI=1S/C12H14BrF3N2O2S/c13-11-4-3-9(7-10(11)12(14,15)16)18-21(19,20)6-5-17-8-1-2-8/h3-4,7-8,17-18H,1-2,5-6H2. The number of hydrogen-bond acceptors (Lipinski definition) is 3. The summed E-state index contributed by atoms with van der Waals surface area (Å²) in [6.45, 7) is 0.280. The molecule has 0 radical (unpaired) electrons. The van der Waals surface area contributed by atoms with Crippen molar-refractivity contribution in [3.8, 4) is 0 Å². The van der Waals surface area contributed by atoms with Gasteiger partial charge in [0.2, 0.25) is 10.0 Å². The van der Waals surface area contributed by atoms with Crippen molar-refractivity contribution >= 4 is 31.6 Å². The van der Waals surface area contributed by atoms with Crippen LogP contribution in [-0.4, -0.2) is 26.8 Å². The number of alkyl halides is 3. The second-order valence-corrected chi connectivity index (χ2v) is 7.54. The average molecular weight is 387 g/mol. The van der Waals surface area contributed by atoms with Crippen LogP contribution in [0.5, 0.6) is 0 Å². The van der Waals surface area contributed by atoms with Gasteiger partial charge in [0.25, 0.3) is 0 Å². The van der Waals surface area contributed by atoms with E-state index in [-0.39, 0.29) is 22.5 Å². The molecule has 9 heteroatoms. The van der Waals surface area contributed by atoms with Crippen LogP contribution < -0.4 is 10.0 Å². The number of halogens is 4. The molecule has 4 nitrogen and oxygen atoms in total. The highest BCUT2D eigenvalue weighted by Gasteiger charge is 2.33. The third-order valence-electron chi connectivity index (χ3n) is 2.93. The maximum absolute atomic E-state index is 12.7. The highest BCUT2D eigenvalue weighted by atomic mass is 79.9. The Labute approximate surface area is 129 Å². The fourth-order valence-corrected chi connectivity index (χ4v) is 3.17. The zero-order chi connectivity index (χ0) is 15.7. The SMILES string of the molecule is O=S(=O)(CCNC1CC1)Nc1ccc(Br)c(C(F)(F)F)c1. The molecule has 1 aromatic rings. The molecule has 0 spiro atoms. The summed E-state index contributed by atoms with van der Waals surface area (Å²) in [6.07, 6.45) is -2.47. The molecule has 2 N–H and O–H groups in total. The maximum Gasteiger partial charge on any atom is 0.417 e. The lowest BCUT2D eigenvalue weighted by Gasteiger charge is -2.13. The fourth-order valence-electron chi connectivity index (χ4n) is 1.72. The fraction of sp³-hybridized carbons (Fsp3) is 0.500. The summed E-state index contributed by atoms with van der Waals surface area (Å²) >= 11 is 2.80. The van der Waals surface area contributed by atoms with Crippen LogP contribution in [0.4, 0.5) is 18.9 Å². The number of hydrogen-bond donors (Lipinski definition) is 2. The van der Waals surface area contributed by atoms with E-state index in [1.54, 1.807) is 0 Å². The summed E-state index contributed by atoms with van der Waals surface area (Å²) in [6, 6.07) is 3.61. The van der Waals surface area contributed by atoms with Crippen LogP contribution in [0.15, 0.2) is 22.7 Å². The number of nitrogens with one attached hydrogen (secondary N) is 2. The quantitative estimate of drug-likeness (QED) is 0.789. The zero-order valence-electron chi connectivity index (χ0n) is 10.9. The molecule has 1 fully saturated rings. The largest absolute Gasteiger partial charge is 0.417 e. The molecule has 0 aromatic heterocycles. The van der Waals surface area contributed by atoms with Gasteiger partial charge in [-0.1, -0.05) is 15.9 Å². The monoisotopic (exact) mass is 386 g/mol. The van der Waals surface area contributed by atoms with Crippen molar-refractivity contribution < 1.29 is 21.6 Å². The highest BCUT2D eigenvalue weighted by Crippen LogP contribution is 2.36. The van der Waals surface area contributed by atoms with Gasteiger partial charge in [-0.15, -0.1) is 0 Å². The van der Waals surface area contributed by atoms with Crippen LogP contribution in [0.1, 0.15) is 18.4 Å². The zero-order valence-corrected chi connectivity index (χ0v) is 13.3. The minimum Gasteiger partial charge on any atom is -0.313 e. The molecule has 1 aliphatic rings. The first-order valence-corrected chi connectivity index (χ1v) is 8.72. The van der Waals surface area contributed by atoms with Crippen molar-refractivity contribution in [1.29, 1.82) is 0 Å². The molecule has 1 saturated carbocycles. The molecule has 0 heterocycles. The van der Waals surface area contributed by atoms with Gasteiger partial charge >= 0.3 is 6.18 Å². The Morgan fingerprint density at radius 2 is 1.95 bits per heavy atom. The first-order chi connectivity index (χ1) is 9.67. The van der Waals surface area contributed by atoms with Crippen LogP contribution >= 0.6 is 15.9 Å². The summed E-state index contributed by atoms with van der Waals surface area (Å²) in [5.74, 6) is -0.180. The minimum atomic E-state index is -4.55. The third-order valence-corrected chi connectivity index (χ3v) is 4.91. The van der Waals surface area contributed by atoms with E-state index in [9.17, 15) is 21.6 Å². The van der Waals surface area contributed by atoms with Gasteiger partial charge in [0.1, 0.15) is 0 Å². The van der Waals surface area contributed by atoms with Crippen molar-refractivity contribution in [2.75, 3.05) is 17.0 Å². The lowest BCUT2D eigenvalue weighted by Crippen LogP contribution is -2.28. The van der Waals surface area contributed by atoms with E-state index in [2.05, 4.69) is 26.0 Å². The Morgan fingerprint density at radius 1 is 1.29 bits per heavy atom. The van der Waals surface area contributed by atoms with Crippen molar-refractivity contribution in [2.24, 2.45) is 0 Å². The molecule has 21 heavy (non-hydrogen) atoms. The minimum absolute atomic E-state index is 0.100. The molecule has 0 unspecified atom stereocenters. The smallest absolute Gasteiger partial charge is 0.313 e. The van der Waals surface area contributed by atoms with E-state index in [0.717, 1.165) is 18.9 Å². The van der Waals surface area contributed by atoms with Gasteiger partial charge in [0.05, 0.1) is 11.3 Å². The highest BCUT2D eigenvalue weighted by molar-refractivity contribution is 9.10. The molecule has 0 bridgehead atoms. The second kappa shape index (κ2) is 6.13. The van der Waals surface area contributed by atoms with Crippen LogP contribution in [0.3, 0.4) is 0 Å². The maximum atomic E-state index is 12.7. The summed E-state index contributed by atoms with van der Waals surface area (Å²) < 4.78 is 63.9. The molecule has 2 rings (SSSR count). The summed E-state index contributed by atoms with van der Waals surface area (Å²) in [4.78, 5) is 0. The Kier molecular flexibility index (Phi) is 4.84. The van der Waals surface area contributed by atoms with Gasteiger partial charge in [0.15, 0.2) is 0 Å². The average Bonchev–Trinajstić information content (AvgIpc) is 3.13. The molecule has 0 saturated heterocycles. The van der Waals surface area contributed by atoms with E-state index in [1.807, 2.05) is 0 Å². The number of sulfonamides is 1. The summed E-state index contributed by atoms with van der Waals surface area (Å²) in [5.41, 5.74) is -1.02. The number of benzene rings is 1. The Morgan fingerprint density at radius 3 is 2.52 bits per heavy atom. The van der Waals surface area contributed by atoms with Crippen LogP contribution in [-0.2, 0) is 16.2 Å². The molecule has 0 aliphatic heterocycles. The third kappa shape index (κ3) is 5.15. The molecule has 0 atom stereocenters. The van der Waals surface area contributed by atoms with Crippen LogP contribution in [0.25, 0.3) is 0 Å². The van der Waals surface area contributed by atoms with E-state index < -0.39 is 21.8 Å². The molecule has 118 valence electrons. The molecular formula is C12H14BrF3N2O2S. The van der Waals surface area contributed by atoms with Gasteiger partial charge in [0, 0.05) is 22.7 Å². The van der Waals surface area contributed by atoms with Gasteiger partial charge in [-0.2, -0.15) is 13.2 Å². The lowest BCUT2D eigenvalue weighted by molar-refractivity contribution is -0.138. The predicted octanol–water partition coefficient (Wildman–Crippen LogP) is 2.96. The Hall–Kier alpha value is -0.800. The molecule has 1 aliphatic carbocycles. The van der Waals surface area contributed by atoms with Gasteiger partial charge in [-0.3, -0.25) is 4.72 Å². The van der Waals surface area contributed by atoms with Crippen molar-refractivity contribution in [1.82, 2.24) is 5.32 Å². The Balaban J connectivity index is 2.04. The summed E-state index contributed by atoms with van der Waals surface area (Å²) in [7, 11) is -3.67. The van der Waals surface area contributed by atoms with Gasteiger partial charge < -0.3 is 5.32 Å². The van der Waals surface area contributed by atoms with Crippen molar-refractivity contribution in [3.63, 3.8) is 0 Å². The lowest BCUT2D eigenvalue weighted by atomic mass is 10.2.